The van der Waals surface area contributed by atoms with Crippen LogP contribution >= 0.6 is 0 Å². The van der Waals surface area contributed by atoms with Crippen molar-refractivity contribution in [2.45, 2.75) is 58.7 Å². The summed E-state index contributed by atoms with van der Waals surface area (Å²) in [5.41, 5.74) is 5.97. The van der Waals surface area contributed by atoms with Crippen LogP contribution in [0.3, 0.4) is 0 Å². The molecule has 0 aliphatic heterocycles. The summed E-state index contributed by atoms with van der Waals surface area (Å²) in [5, 5.41) is 6.39. The van der Waals surface area contributed by atoms with E-state index in [0.29, 0.717) is 16.8 Å². The molecule has 1 radical (unpaired) electrons. The minimum atomic E-state index is -2.48. The fourth-order valence-corrected chi connectivity index (χ4v) is 7.14. The van der Waals surface area contributed by atoms with Crippen molar-refractivity contribution in [2.75, 3.05) is 0 Å². The van der Waals surface area contributed by atoms with Gasteiger partial charge in [0.1, 0.15) is 5.58 Å². The Hall–Kier alpha value is -4.41. The normalized spacial score (nSPS) is 13.8. The molecule has 5 heteroatoms. The molecule has 0 aliphatic rings. The maximum Gasteiger partial charge on any atom is 0.121 e. The summed E-state index contributed by atoms with van der Waals surface area (Å²) in [6, 6.07) is 40.6. The van der Waals surface area contributed by atoms with Gasteiger partial charge < -0.3 is 14.4 Å². The topological polar surface area (TPSA) is 38.9 Å². The van der Waals surface area contributed by atoms with Gasteiger partial charge in [-0.2, -0.15) is 0 Å². The standard InChI is InChI=1S/C30H26NOSi.C15H16N.Ir/c1-19-17-31-28(15-22(19)18-33(2,3)4)25-11-7-10-24-27-14-21-13-12-20-8-5-6-9-23(20)26(21)16-29(27)32-30(24)25;1-15(2,3)13-9-10-16-14(11-13)12-7-5-4-6-8-12;/h5-10,12-17H,18H2,1-4H3;4-7,9-11H,1-3H3;/q2*-1;/i1D3,18D2;;. The molecule has 0 saturated heterocycles. The van der Waals surface area contributed by atoms with E-state index in [9.17, 15) is 0 Å². The summed E-state index contributed by atoms with van der Waals surface area (Å²) in [7, 11) is -2.47. The van der Waals surface area contributed by atoms with E-state index >= 15 is 0 Å². The second-order valence-corrected chi connectivity index (χ2v) is 19.2. The van der Waals surface area contributed by atoms with E-state index in [1.165, 1.54) is 11.8 Å². The molecule has 8 aromatic rings. The molecule has 3 nitrogen and oxygen atoms in total. The third-order valence-corrected chi connectivity index (χ3v) is 9.60. The van der Waals surface area contributed by atoms with Crippen molar-refractivity contribution < 1.29 is 31.4 Å². The Labute approximate surface area is 317 Å². The number of aryl methyl sites for hydroxylation is 1. The van der Waals surface area contributed by atoms with Gasteiger partial charge in [0, 0.05) is 52.8 Å². The molecule has 0 saturated carbocycles. The summed E-state index contributed by atoms with van der Waals surface area (Å²) in [6.07, 6.45) is 3.17. The SMILES string of the molecule is CC(C)(C)c1ccnc(-c2[c-]cccc2)c1.[2H]C([2H])([2H])c1cnc(-c2[c-]ccc3c2oc2cc4c(ccc5ccccc54)cc23)cc1C([2H])([2H])[Si](C)(C)C.[Ir]. The summed E-state index contributed by atoms with van der Waals surface area (Å²) in [6.45, 7) is 9.85. The van der Waals surface area contributed by atoms with Crippen LogP contribution in [0.5, 0.6) is 0 Å². The fourth-order valence-electron chi connectivity index (χ4n) is 6.13. The molecule has 5 aromatic carbocycles. The molecule has 3 aromatic heterocycles. The number of rotatable bonds is 4. The summed E-state index contributed by atoms with van der Waals surface area (Å²) in [4.78, 5) is 8.88. The van der Waals surface area contributed by atoms with Crippen LogP contribution in [0, 0.1) is 19.0 Å². The number of benzene rings is 5. The third kappa shape index (κ3) is 7.37. The molecule has 50 heavy (non-hydrogen) atoms. The van der Waals surface area contributed by atoms with Crippen LogP contribution in [0.2, 0.25) is 19.6 Å². The van der Waals surface area contributed by atoms with E-state index in [2.05, 4.69) is 91.4 Å². The van der Waals surface area contributed by atoms with Crippen LogP contribution in [0.25, 0.3) is 66.0 Å². The smallest absolute Gasteiger partial charge is 0.121 e. The number of furan rings is 1. The second-order valence-electron chi connectivity index (χ2n) is 14.5. The molecule has 0 unspecified atom stereocenters. The van der Waals surface area contributed by atoms with E-state index in [1.807, 2.05) is 74.4 Å². The van der Waals surface area contributed by atoms with Crippen molar-refractivity contribution in [2.24, 2.45) is 0 Å². The zero-order chi connectivity index (χ0) is 38.6. The van der Waals surface area contributed by atoms with Gasteiger partial charge in [-0.3, -0.25) is 0 Å². The van der Waals surface area contributed by atoms with Crippen LogP contribution in [-0.2, 0) is 31.5 Å². The molecule has 0 N–H and O–H groups in total. The average Bonchev–Trinajstić information content (AvgIpc) is 3.51. The monoisotopic (exact) mass is 852 g/mol. The average molecular weight is 852 g/mol. The van der Waals surface area contributed by atoms with Crippen LogP contribution in [-0.4, -0.2) is 18.0 Å². The first-order valence-corrected chi connectivity index (χ1v) is 20.1. The Morgan fingerprint density at radius 1 is 0.760 bits per heavy atom. The van der Waals surface area contributed by atoms with Crippen molar-refractivity contribution in [3.05, 3.63) is 144 Å². The predicted molar refractivity (Wildman–Crippen MR) is 210 cm³/mol. The van der Waals surface area contributed by atoms with Crippen molar-refractivity contribution in [1.29, 1.82) is 0 Å². The van der Waals surface area contributed by atoms with Gasteiger partial charge in [0.2, 0.25) is 0 Å². The third-order valence-electron chi connectivity index (χ3n) is 8.58. The number of aromatic nitrogens is 2. The predicted octanol–water partition coefficient (Wildman–Crippen LogP) is 12.3. The maximum absolute atomic E-state index is 8.92. The Balaban J connectivity index is 0.000000254. The molecule has 8 rings (SSSR count). The van der Waals surface area contributed by atoms with Crippen molar-refractivity contribution in [1.82, 2.24) is 9.97 Å². The first-order chi connectivity index (χ1) is 25.4. The van der Waals surface area contributed by atoms with E-state index in [0.717, 1.165) is 49.2 Å². The molecule has 0 aliphatic carbocycles. The van der Waals surface area contributed by atoms with Crippen LogP contribution in [0.15, 0.2) is 120 Å². The molecule has 0 amide bonds. The Morgan fingerprint density at radius 2 is 1.56 bits per heavy atom. The van der Waals surface area contributed by atoms with E-state index < -0.39 is 20.9 Å². The summed E-state index contributed by atoms with van der Waals surface area (Å²) < 4.78 is 48.3. The molecule has 3 heterocycles. The zero-order valence-corrected chi connectivity index (χ0v) is 32.5. The summed E-state index contributed by atoms with van der Waals surface area (Å²) >= 11 is 0. The molecule has 0 bridgehead atoms. The molecule has 0 spiro atoms. The maximum atomic E-state index is 8.92. The van der Waals surface area contributed by atoms with Gasteiger partial charge in [-0.05, 0) is 80.5 Å². The van der Waals surface area contributed by atoms with Gasteiger partial charge in [0.05, 0.1) is 5.58 Å². The molecule has 0 atom stereocenters. The van der Waals surface area contributed by atoms with E-state index in [1.54, 1.807) is 6.07 Å². The summed E-state index contributed by atoms with van der Waals surface area (Å²) in [5.74, 6) is -1.78. The number of pyridine rings is 2. The van der Waals surface area contributed by atoms with Gasteiger partial charge in [-0.1, -0.05) is 105 Å². The largest absolute Gasteiger partial charge is 0.501 e. The van der Waals surface area contributed by atoms with Gasteiger partial charge in [0.25, 0.3) is 0 Å². The Kier molecular flexibility index (Phi) is 8.25. The zero-order valence-electron chi connectivity index (χ0n) is 34.1. The Morgan fingerprint density at radius 3 is 2.32 bits per heavy atom. The van der Waals surface area contributed by atoms with Crippen molar-refractivity contribution in [3.8, 4) is 22.5 Å². The van der Waals surface area contributed by atoms with Gasteiger partial charge >= 0.3 is 0 Å². The fraction of sp³-hybridized carbons (Fsp3) is 0.200. The first-order valence-electron chi connectivity index (χ1n) is 19.1. The second kappa shape index (κ2) is 14.1. The van der Waals surface area contributed by atoms with Gasteiger partial charge in [0.15, 0.2) is 0 Å². The quantitative estimate of drug-likeness (QED) is 0.101. The van der Waals surface area contributed by atoms with Crippen molar-refractivity contribution in [3.63, 3.8) is 0 Å². The minimum absolute atomic E-state index is 0. The molecular formula is C45H42IrN2OSi-2. The van der Waals surface area contributed by atoms with E-state index in [-0.39, 0.29) is 36.6 Å². The van der Waals surface area contributed by atoms with Crippen molar-refractivity contribution >= 4 is 51.6 Å². The van der Waals surface area contributed by atoms with E-state index in [4.69, 9.17) is 11.3 Å². The Bertz CT molecular complexity index is 2660. The first kappa shape index (κ1) is 29.3. The van der Waals surface area contributed by atoms with Gasteiger partial charge in [-0.15, -0.1) is 54.1 Å². The van der Waals surface area contributed by atoms with Gasteiger partial charge in [-0.25, -0.2) is 0 Å². The number of nitrogens with zero attached hydrogens (tertiary/aromatic N) is 2. The number of hydrogen-bond donors (Lipinski definition) is 0. The molecule has 0 fully saturated rings. The van der Waals surface area contributed by atoms with Crippen LogP contribution < -0.4 is 0 Å². The minimum Gasteiger partial charge on any atom is -0.501 e. The number of hydrogen-bond acceptors (Lipinski definition) is 3. The van der Waals surface area contributed by atoms with Crippen LogP contribution in [0.4, 0.5) is 0 Å². The molecular weight excluding hydrogens is 805 g/mol. The number of fused-ring (bicyclic) bond motifs is 6. The molecule has 253 valence electrons. The van der Waals surface area contributed by atoms with Crippen LogP contribution in [0.1, 0.15) is 44.3 Å².